The number of benzene rings is 2. The minimum Gasteiger partial charge on any atom is -0.497 e. The molecule has 0 aliphatic heterocycles. The van der Waals surface area contributed by atoms with Crippen LogP contribution in [0.2, 0.25) is 0 Å². The first-order valence-electron chi connectivity index (χ1n) is 8.02. The predicted octanol–water partition coefficient (Wildman–Crippen LogP) is 2.81. The van der Waals surface area contributed by atoms with Crippen molar-refractivity contribution in [2.75, 3.05) is 17.7 Å². The normalized spacial score (nSPS) is 11.5. The molecule has 0 saturated carbocycles. The fraction of sp³-hybridized carbons (Fsp3) is 0.211. The number of hydrogen-bond donors (Lipinski definition) is 1. The molecule has 0 atom stereocenters. The van der Waals surface area contributed by atoms with Crippen LogP contribution in [0.1, 0.15) is 11.1 Å². The molecule has 0 aliphatic carbocycles. The molecule has 7 heteroatoms. The number of sulfonamides is 1. The molecule has 3 aromatic rings. The van der Waals surface area contributed by atoms with Gasteiger partial charge in [-0.1, -0.05) is 17.7 Å². The summed E-state index contributed by atoms with van der Waals surface area (Å²) in [4.78, 5) is 15.2. The monoisotopic (exact) mass is 372 g/mol. The zero-order chi connectivity index (χ0) is 18.9. The molecule has 3 rings (SSSR count). The van der Waals surface area contributed by atoms with Gasteiger partial charge in [0.15, 0.2) is 0 Å². The SMILES string of the molecule is COc1ccc2[nH]c(=O)c(CN(c3ccc(C)cc3)S(C)(=O)=O)cc2c1. The summed E-state index contributed by atoms with van der Waals surface area (Å²) >= 11 is 0. The Hall–Kier alpha value is -2.80. The minimum atomic E-state index is -3.56. The number of aryl methyl sites for hydroxylation is 1. The van der Waals surface area contributed by atoms with Crippen molar-refractivity contribution in [3.8, 4) is 5.75 Å². The molecule has 1 heterocycles. The highest BCUT2D eigenvalue weighted by molar-refractivity contribution is 7.92. The third kappa shape index (κ3) is 3.72. The number of H-pyrrole nitrogens is 1. The fourth-order valence-electron chi connectivity index (χ4n) is 2.74. The van der Waals surface area contributed by atoms with E-state index >= 15 is 0 Å². The minimum absolute atomic E-state index is 0.0512. The van der Waals surface area contributed by atoms with E-state index in [0.717, 1.165) is 17.2 Å². The van der Waals surface area contributed by atoms with E-state index in [1.807, 2.05) is 19.1 Å². The fourth-order valence-corrected chi connectivity index (χ4v) is 3.62. The average molecular weight is 372 g/mol. The molecule has 136 valence electrons. The van der Waals surface area contributed by atoms with Crippen molar-refractivity contribution in [2.45, 2.75) is 13.5 Å². The number of fused-ring (bicyclic) bond motifs is 1. The summed E-state index contributed by atoms with van der Waals surface area (Å²) in [5.74, 6) is 0.661. The van der Waals surface area contributed by atoms with Crippen LogP contribution < -0.4 is 14.6 Å². The quantitative estimate of drug-likeness (QED) is 0.747. The van der Waals surface area contributed by atoms with Crippen molar-refractivity contribution in [3.63, 3.8) is 0 Å². The Bertz CT molecular complexity index is 1100. The third-order valence-electron chi connectivity index (χ3n) is 4.16. The van der Waals surface area contributed by atoms with Crippen molar-refractivity contribution in [2.24, 2.45) is 0 Å². The largest absolute Gasteiger partial charge is 0.497 e. The van der Waals surface area contributed by atoms with Gasteiger partial charge in [0.25, 0.3) is 5.56 Å². The van der Waals surface area contributed by atoms with Gasteiger partial charge in [0, 0.05) is 16.5 Å². The molecule has 1 N–H and O–H groups in total. The van der Waals surface area contributed by atoms with Gasteiger partial charge in [0.05, 0.1) is 25.6 Å². The second kappa shape index (κ2) is 6.84. The Kier molecular flexibility index (Phi) is 4.73. The van der Waals surface area contributed by atoms with Crippen molar-refractivity contribution >= 4 is 26.6 Å². The number of pyridine rings is 1. The Labute approximate surface area is 152 Å². The number of methoxy groups -OCH3 is 1. The van der Waals surface area contributed by atoms with Gasteiger partial charge in [-0.15, -0.1) is 0 Å². The summed E-state index contributed by atoms with van der Waals surface area (Å²) in [5, 5.41) is 0.774. The highest BCUT2D eigenvalue weighted by atomic mass is 32.2. The molecule has 6 nitrogen and oxygen atoms in total. The zero-order valence-corrected chi connectivity index (χ0v) is 15.6. The molecule has 1 aromatic heterocycles. The van der Waals surface area contributed by atoms with E-state index in [2.05, 4.69) is 4.98 Å². The highest BCUT2D eigenvalue weighted by Crippen LogP contribution is 2.23. The third-order valence-corrected chi connectivity index (χ3v) is 5.31. The molecule has 0 bridgehead atoms. The summed E-state index contributed by atoms with van der Waals surface area (Å²) in [7, 11) is -1.99. The number of anilines is 1. The maximum absolute atomic E-state index is 12.4. The molecule has 2 aromatic carbocycles. The van der Waals surface area contributed by atoms with E-state index in [9.17, 15) is 13.2 Å². The molecule has 0 amide bonds. The Morgan fingerprint density at radius 3 is 2.38 bits per heavy atom. The van der Waals surface area contributed by atoms with Crippen LogP contribution in [0.5, 0.6) is 5.75 Å². The van der Waals surface area contributed by atoms with Gasteiger partial charge in [-0.05, 0) is 43.3 Å². The van der Waals surface area contributed by atoms with Crippen LogP contribution in [0.25, 0.3) is 10.9 Å². The Balaban J connectivity index is 2.07. The average Bonchev–Trinajstić information content (AvgIpc) is 2.59. The molecule has 0 unspecified atom stereocenters. The summed E-state index contributed by atoms with van der Waals surface area (Å²) in [6.07, 6.45) is 1.13. The van der Waals surface area contributed by atoms with Crippen LogP contribution in [-0.2, 0) is 16.6 Å². The van der Waals surface area contributed by atoms with Gasteiger partial charge in [0.1, 0.15) is 5.75 Å². The molecular weight excluding hydrogens is 352 g/mol. The topological polar surface area (TPSA) is 79.5 Å². The van der Waals surface area contributed by atoms with E-state index in [-0.39, 0.29) is 12.1 Å². The molecule has 0 fully saturated rings. The number of ether oxygens (including phenoxy) is 1. The lowest BCUT2D eigenvalue weighted by Crippen LogP contribution is -2.31. The van der Waals surface area contributed by atoms with Crippen LogP contribution in [0.4, 0.5) is 5.69 Å². The molecule has 26 heavy (non-hydrogen) atoms. The number of hydrogen-bond acceptors (Lipinski definition) is 4. The first kappa shape index (κ1) is 18.0. The molecular formula is C19H20N2O4S. The number of nitrogens with one attached hydrogen (secondary N) is 1. The van der Waals surface area contributed by atoms with E-state index in [0.29, 0.717) is 22.5 Å². The number of aromatic amines is 1. The van der Waals surface area contributed by atoms with Crippen molar-refractivity contribution in [3.05, 3.63) is 70.0 Å². The van der Waals surface area contributed by atoms with Crippen molar-refractivity contribution in [1.82, 2.24) is 4.98 Å². The lowest BCUT2D eigenvalue weighted by atomic mass is 10.1. The predicted molar refractivity (Wildman–Crippen MR) is 103 cm³/mol. The Morgan fingerprint density at radius 2 is 1.77 bits per heavy atom. The number of nitrogens with zero attached hydrogens (tertiary/aromatic N) is 1. The van der Waals surface area contributed by atoms with Gasteiger partial charge in [-0.25, -0.2) is 8.42 Å². The summed E-state index contributed by atoms with van der Waals surface area (Å²) in [6, 6.07) is 14.1. The first-order chi connectivity index (χ1) is 12.3. The standard InChI is InChI=1S/C19H20N2O4S/c1-13-4-6-16(7-5-13)21(26(3,23)24)12-15-10-14-11-17(25-2)8-9-18(14)20-19(15)22/h4-11H,12H2,1-3H3,(H,20,22). The van der Waals surface area contributed by atoms with Gasteiger partial charge >= 0.3 is 0 Å². The van der Waals surface area contributed by atoms with E-state index < -0.39 is 10.0 Å². The van der Waals surface area contributed by atoms with E-state index in [1.165, 1.54) is 4.31 Å². The summed E-state index contributed by atoms with van der Waals surface area (Å²) in [6.45, 7) is 1.88. The van der Waals surface area contributed by atoms with Crippen LogP contribution >= 0.6 is 0 Å². The smallest absolute Gasteiger partial charge is 0.253 e. The van der Waals surface area contributed by atoms with Crippen LogP contribution in [-0.4, -0.2) is 26.8 Å². The second-order valence-electron chi connectivity index (χ2n) is 6.18. The summed E-state index contributed by atoms with van der Waals surface area (Å²) in [5.41, 5.74) is 2.25. The van der Waals surface area contributed by atoms with Crippen LogP contribution in [0.3, 0.4) is 0 Å². The van der Waals surface area contributed by atoms with Gasteiger partial charge in [-0.3, -0.25) is 9.10 Å². The maximum Gasteiger partial charge on any atom is 0.253 e. The van der Waals surface area contributed by atoms with Crippen molar-refractivity contribution < 1.29 is 13.2 Å². The molecule has 0 aliphatic rings. The highest BCUT2D eigenvalue weighted by Gasteiger charge is 2.19. The maximum atomic E-state index is 12.4. The second-order valence-corrected chi connectivity index (χ2v) is 8.09. The Morgan fingerprint density at radius 1 is 1.08 bits per heavy atom. The van der Waals surface area contributed by atoms with E-state index in [4.69, 9.17) is 4.74 Å². The molecule has 0 radical (unpaired) electrons. The number of aromatic nitrogens is 1. The van der Waals surface area contributed by atoms with Gasteiger partial charge in [0.2, 0.25) is 10.0 Å². The van der Waals surface area contributed by atoms with Gasteiger partial charge in [-0.2, -0.15) is 0 Å². The zero-order valence-electron chi connectivity index (χ0n) is 14.8. The van der Waals surface area contributed by atoms with E-state index in [1.54, 1.807) is 43.5 Å². The molecule has 0 spiro atoms. The first-order valence-corrected chi connectivity index (χ1v) is 9.87. The number of rotatable bonds is 5. The summed E-state index contributed by atoms with van der Waals surface area (Å²) < 4.78 is 31.0. The van der Waals surface area contributed by atoms with Crippen LogP contribution in [0.15, 0.2) is 53.3 Å². The van der Waals surface area contributed by atoms with Gasteiger partial charge < -0.3 is 9.72 Å². The molecule has 0 saturated heterocycles. The lowest BCUT2D eigenvalue weighted by molar-refractivity contribution is 0.415. The van der Waals surface area contributed by atoms with Crippen LogP contribution in [0, 0.1) is 6.92 Å². The lowest BCUT2D eigenvalue weighted by Gasteiger charge is -2.22. The van der Waals surface area contributed by atoms with Crippen molar-refractivity contribution in [1.29, 1.82) is 0 Å².